The molecule has 0 amide bonds. The van der Waals surface area contributed by atoms with Gasteiger partial charge in [-0.3, -0.25) is 0 Å². The Kier molecular flexibility index (Phi) is 4.93. The summed E-state index contributed by atoms with van der Waals surface area (Å²) in [5.41, 5.74) is -1.14. The number of aromatic nitrogens is 1. The van der Waals surface area contributed by atoms with Crippen molar-refractivity contribution in [2.24, 2.45) is 0 Å². The first-order valence-corrected chi connectivity index (χ1v) is 9.60. The average Bonchev–Trinajstić information content (AvgIpc) is 3.09. The summed E-state index contributed by atoms with van der Waals surface area (Å²) in [5.74, 6) is -0.407. The largest absolute Gasteiger partial charge is 0.420 e. The molecule has 0 bridgehead atoms. The summed E-state index contributed by atoms with van der Waals surface area (Å²) in [6.07, 6.45) is -2.95. The highest BCUT2D eigenvalue weighted by atomic mass is 32.2. The normalized spacial score (nSPS) is 23.2. The van der Waals surface area contributed by atoms with Crippen molar-refractivity contribution in [3.8, 4) is 0 Å². The van der Waals surface area contributed by atoms with Gasteiger partial charge in [0.05, 0.1) is 12.1 Å². The van der Waals surface area contributed by atoms with Crippen LogP contribution in [0.2, 0.25) is 0 Å². The minimum absolute atomic E-state index is 0.172. The Hall–Kier alpha value is -1.42. The fourth-order valence-corrected chi connectivity index (χ4v) is 4.73. The third-order valence-electron chi connectivity index (χ3n) is 4.51. The molecule has 2 aliphatic rings. The summed E-state index contributed by atoms with van der Waals surface area (Å²) in [6.45, 7) is 0.672. The highest BCUT2D eigenvalue weighted by Crippen LogP contribution is 2.38. The number of hydrogen-bond acceptors (Lipinski definition) is 4. The standard InChI is InChI=1S/C15H19F4N3O2S/c16-11-4-3-5-21(10-11)14-13(15(17,18)19)8-12(9-20-14)25(23,24)22-6-1-2-7-22/h8-9,11H,1-7,10H2. The van der Waals surface area contributed by atoms with Gasteiger partial charge in [-0.2, -0.15) is 17.5 Å². The van der Waals surface area contributed by atoms with E-state index in [1.165, 1.54) is 9.21 Å². The molecule has 1 aromatic heterocycles. The third-order valence-corrected chi connectivity index (χ3v) is 6.38. The molecule has 1 atom stereocenters. The van der Waals surface area contributed by atoms with Gasteiger partial charge in [0, 0.05) is 25.8 Å². The first-order valence-electron chi connectivity index (χ1n) is 8.16. The van der Waals surface area contributed by atoms with Crippen molar-refractivity contribution in [1.29, 1.82) is 0 Å². The zero-order valence-electron chi connectivity index (χ0n) is 13.5. The highest BCUT2D eigenvalue weighted by molar-refractivity contribution is 7.89. The smallest absolute Gasteiger partial charge is 0.353 e. The van der Waals surface area contributed by atoms with E-state index in [2.05, 4.69) is 4.98 Å². The molecule has 2 saturated heterocycles. The summed E-state index contributed by atoms with van der Waals surface area (Å²) in [6, 6.07) is 0.623. The van der Waals surface area contributed by atoms with Crippen LogP contribution in [0.25, 0.3) is 0 Å². The molecular weight excluding hydrogens is 362 g/mol. The minimum atomic E-state index is -4.78. The Morgan fingerprint density at radius 1 is 1.12 bits per heavy atom. The summed E-state index contributed by atoms with van der Waals surface area (Å²) in [5, 5.41) is 0. The summed E-state index contributed by atoms with van der Waals surface area (Å²) in [4.78, 5) is 4.54. The summed E-state index contributed by atoms with van der Waals surface area (Å²) in [7, 11) is -4.00. The highest BCUT2D eigenvalue weighted by Gasteiger charge is 2.39. The van der Waals surface area contributed by atoms with Crippen LogP contribution in [0.15, 0.2) is 17.2 Å². The average molecular weight is 381 g/mol. The van der Waals surface area contributed by atoms with Crippen LogP contribution < -0.4 is 4.90 Å². The zero-order valence-corrected chi connectivity index (χ0v) is 14.3. The molecule has 3 rings (SSSR count). The maximum Gasteiger partial charge on any atom is 0.420 e. The number of anilines is 1. The first kappa shape index (κ1) is 18.4. The van der Waals surface area contributed by atoms with E-state index in [4.69, 9.17) is 0 Å². The Bertz CT molecular complexity index is 733. The lowest BCUT2D eigenvalue weighted by atomic mass is 10.1. The molecule has 0 aliphatic carbocycles. The maximum absolute atomic E-state index is 13.6. The van der Waals surface area contributed by atoms with E-state index in [9.17, 15) is 26.0 Å². The van der Waals surface area contributed by atoms with Gasteiger partial charge in [-0.15, -0.1) is 0 Å². The molecule has 3 heterocycles. The van der Waals surface area contributed by atoms with Crippen LogP contribution in [-0.4, -0.2) is 50.1 Å². The van der Waals surface area contributed by atoms with E-state index < -0.39 is 38.6 Å². The third kappa shape index (κ3) is 3.74. The molecule has 25 heavy (non-hydrogen) atoms. The number of piperidine rings is 1. The van der Waals surface area contributed by atoms with Gasteiger partial charge in [0.2, 0.25) is 10.0 Å². The lowest BCUT2D eigenvalue weighted by Crippen LogP contribution is -2.38. The lowest BCUT2D eigenvalue weighted by Gasteiger charge is -2.32. The second-order valence-electron chi connectivity index (χ2n) is 6.34. The van der Waals surface area contributed by atoms with E-state index in [-0.39, 0.29) is 13.1 Å². The summed E-state index contributed by atoms with van der Waals surface area (Å²) >= 11 is 0. The quantitative estimate of drug-likeness (QED) is 0.756. The van der Waals surface area contributed by atoms with Crippen molar-refractivity contribution in [3.05, 3.63) is 17.8 Å². The van der Waals surface area contributed by atoms with Gasteiger partial charge < -0.3 is 4.90 Å². The van der Waals surface area contributed by atoms with Crippen LogP contribution in [0.5, 0.6) is 0 Å². The van der Waals surface area contributed by atoms with E-state index in [0.717, 1.165) is 6.20 Å². The Balaban J connectivity index is 2.01. The fraction of sp³-hybridized carbons (Fsp3) is 0.667. The van der Waals surface area contributed by atoms with E-state index in [0.29, 0.717) is 44.8 Å². The van der Waals surface area contributed by atoms with Crippen molar-refractivity contribution in [1.82, 2.24) is 9.29 Å². The molecule has 0 N–H and O–H groups in total. The minimum Gasteiger partial charge on any atom is -0.353 e. The van der Waals surface area contributed by atoms with E-state index in [1.807, 2.05) is 0 Å². The van der Waals surface area contributed by atoms with Crippen molar-refractivity contribution in [2.75, 3.05) is 31.1 Å². The zero-order chi connectivity index (χ0) is 18.2. The van der Waals surface area contributed by atoms with Crippen molar-refractivity contribution < 1.29 is 26.0 Å². The lowest BCUT2D eigenvalue weighted by molar-refractivity contribution is -0.137. The van der Waals surface area contributed by atoms with Gasteiger partial charge in [-0.05, 0) is 31.7 Å². The SMILES string of the molecule is O=S(=O)(c1cnc(N2CCCC(F)C2)c(C(F)(F)F)c1)N1CCCC1. The van der Waals surface area contributed by atoms with Gasteiger partial charge in [-0.25, -0.2) is 17.8 Å². The van der Waals surface area contributed by atoms with Crippen LogP contribution >= 0.6 is 0 Å². The molecule has 0 saturated carbocycles. The van der Waals surface area contributed by atoms with Crippen LogP contribution in [-0.2, 0) is 16.2 Å². The molecule has 2 aliphatic heterocycles. The number of hydrogen-bond donors (Lipinski definition) is 0. The topological polar surface area (TPSA) is 53.5 Å². The van der Waals surface area contributed by atoms with Crippen molar-refractivity contribution >= 4 is 15.8 Å². The molecule has 0 aromatic carbocycles. The number of halogens is 4. The van der Waals surface area contributed by atoms with Gasteiger partial charge in [0.1, 0.15) is 16.9 Å². The van der Waals surface area contributed by atoms with Gasteiger partial charge in [0.15, 0.2) is 0 Å². The second kappa shape index (κ2) is 6.71. The van der Waals surface area contributed by atoms with Gasteiger partial charge in [0.25, 0.3) is 0 Å². The van der Waals surface area contributed by atoms with Crippen molar-refractivity contribution in [2.45, 2.75) is 42.9 Å². The maximum atomic E-state index is 13.6. The van der Waals surface area contributed by atoms with Crippen LogP contribution in [0.1, 0.15) is 31.2 Å². The molecule has 10 heteroatoms. The molecule has 0 radical (unpaired) electrons. The molecule has 5 nitrogen and oxygen atoms in total. The van der Waals surface area contributed by atoms with Crippen LogP contribution in [0.4, 0.5) is 23.4 Å². The predicted molar refractivity (Wildman–Crippen MR) is 83.6 cm³/mol. The molecule has 140 valence electrons. The Morgan fingerprint density at radius 3 is 2.40 bits per heavy atom. The fourth-order valence-electron chi connectivity index (χ4n) is 3.24. The van der Waals surface area contributed by atoms with E-state index >= 15 is 0 Å². The molecular formula is C15H19F4N3O2S. The number of rotatable bonds is 3. The van der Waals surface area contributed by atoms with E-state index in [1.54, 1.807) is 0 Å². The summed E-state index contributed by atoms with van der Waals surface area (Å²) < 4.78 is 80.2. The van der Waals surface area contributed by atoms with Crippen molar-refractivity contribution in [3.63, 3.8) is 0 Å². The molecule has 0 spiro atoms. The second-order valence-corrected chi connectivity index (χ2v) is 8.27. The Labute approximate surface area is 143 Å². The first-order chi connectivity index (χ1) is 11.7. The number of alkyl halides is 4. The van der Waals surface area contributed by atoms with Crippen LogP contribution in [0.3, 0.4) is 0 Å². The predicted octanol–water partition coefficient (Wildman–Crippen LogP) is 2.82. The number of nitrogens with zero attached hydrogens (tertiary/aromatic N) is 3. The number of pyridine rings is 1. The Morgan fingerprint density at radius 2 is 1.80 bits per heavy atom. The molecule has 1 unspecified atom stereocenters. The molecule has 1 aromatic rings. The van der Waals surface area contributed by atoms with Gasteiger partial charge in [-0.1, -0.05) is 0 Å². The van der Waals surface area contributed by atoms with Crippen LogP contribution in [0, 0.1) is 0 Å². The monoisotopic (exact) mass is 381 g/mol. The molecule has 2 fully saturated rings. The number of sulfonamides is 1. The van der Waals surface area contributed by atoms with Gasteiger partial charge >= 0.3 is 6.18 Å².